The van der Waals surface area contributed by atoms with Gasteiger partial charge in [-0.25, -0.2) is 0 Å². The van der Waals surface area contributed by atoms with Gasteiger partial charge in [0, 0.05) is 17.2 Å². The number of rotatable bonds is 2. The van der Waals surface area contributed by atoms with E-state index in [4.69, 9.17) is 4.74 Å². The molecule has 1 aromatic heterocycles. The fraction of sp³-hybridized carbons (Fsp3) is 0.421. The average Bonchev–Trinajstić information content (AvgIpc) is 2.77. The van der Waals surface area contributed by atoms with Gasteiger partial charge in [0.25, 0.3) is 0 Å². The van der Waals surface area contributed by atoms with Gasteiger partial charge < -0.3 is 10.1 Å². The molecule has 0 saturated carbocycles. The van der Waals surface area contributed by atoms with Gasteiger partial charge in [0.2, 0.25) is 11.0 Å². The molecule has 4 rings (SSSR count). The highest BCUT2D eigenvalue weighted by molar-refractivity contribution is 7.98. The summed E-state index contributed by atoms with van der Waals surface area (Å²) < 4.78 is 6.36. The van der Waals surface area contributed by atoms with Gasteiger partial charge in [-0.2, -0.15) is 4.98 Å². The molecule has 1 N–H and O–H groups in total. The van der Waals surface area contributed by atoms with E-state index in [2.05, 4.69) is 46.5 Å². The number of aromatic nitrogens is 3. The van der Waals surface area contributed by atoms with Crippen molar-refractivity contribution in [3.63, 3.8) is 0 Å². The number of benzene rings is 1. The number of hydrogen-bond donors (Lipinski definition) is 1. The number of anilines is 1. The van der Waals surface area contributed by atoms with E-state index >= 15 is 0 Å². The molecule has 1 aliphatic carbocycles. The van der Waals surface area contributed by atoms with E-state index in [0.717, 1.165) is 24.1 Å². The number of thioether (sulfide) groups is 1. The predicted molar refractivity (Wildman–Crippen MR) is 101 cm³/mol. The van der Waals surface area contributed by atoms with Crippen LogP contribution in [0.5, 0.6) is 5.88 Å². The summed E-state index contributed by atoms with van der Waals surface area (Å²) in [5.74, 6) is 1.50. The second-order valence-corrected chi connectivity index (χ2v) is 7.59. The minimum atomic E-state index is -0.131. The molecular formula is C19H22N4OS. The molecule has 6 heteroatoms. The molecule has 25 heavy (non-hydrogen) atoms. The Kier molecular flexibility index (Phi) is 4.37. The Hall–Kier alpha value is -2.08. The van der Waals surface area contributed by atoms with E-state index in [1.807, 2.05) is 24.5 Å². The molecule has 3 atom stereocenters. The number of hydrogen-bond acceptors (Lipinski definition) is 6. The smallest absolute Gasteiger partial charge is 0.247 e. The SMILES string of the molecule is CSc1nnc2c(n1)O[C@H]([C@H]1CC=C(C)C[C@@H]1C)Nc1ccccc1-2. The van der Waals surface area contributed by atoms with Crippen molar-refractivity contribution in [1.82, 2.24) is 15.2 Å². The molecule has 0 amide bonds. The number of allylic oxidation sites excluding steroid dienone is 2. The van der Waals surface area contributed by atoms with Crippen molar-refractivity contribution in [2.75, 3.05) is 11.6 Å². The maximum atomic E-state index is 6.36. The van der Waals surface area contributed by atoms with Crippen molar-refractivity contribution in [3.05, 3.63) is 35.9 Å². The van der Waals surface area contributed by atoms with E-state index in [1.165, 1.54) is 17.3 Å². The second-order valence-electron chi connectivity index (χ2n) is 6.81. The summed E-state index contributed by atoms with van der Waals surface area (Å²) >= 11 is 1.47. The lowest BCUT2D eigenvalue weighted by Crippen LogP contribution is -2.39. The van der Waals surface area contributed by atoms with Gasteiger partial charge in [-0.15, -0.1) is 10.2 Å². The Morgan fingerprint density at radius 1 is 1.24 bits per heavy atom. The summed E-state index contributed by atoms with van der Waals surface area (Å²) in [5, 5.41) is 12.8. The molecular weight excluding hydrogens is 332 g/mol. The zero-order valence-electron chi connectivity index (χ0n) is 14.7. The second kappa shape index (κ2) is 6.67. The van der Waals surface area contributed by atoms with E-state index in [0.29, 0.717) is 28.6 Å². The van der Waals surface area contributed by atoms with Crippen LogP contribution in [0.4, 0.5) is 5.69 Å². The van der Waals surface area contributed by atoms with E-state index in [1.54, 1.807) is 0 Å². The van der Waals surface area contributed by atoms with Crippen LogP contribution in [0.2, 0.25) is 0 Å². The molecule has 130 valence electrons. The van der Waals surface area contributed by atoms with Gasteiger partial charge in [0.15, 0.2) is 11.9 Å². The summed E-state index contributed by atoms with van der Waals surface area (Å²) in [7, 11) is 0. The van der Waals surface area contributed by atoms with Gasteiger partial charge in [0.1, 0.15) is 0 Å². The molecule has 0 unspecified atom stereocenters. The fourth-order valence-corrected chi connectivity index (χ4v) is 3.98. The van der Waals surface area contributed by atoms with Crippen LogP contribution < -0.4 is 10.1 Å². The first-order valence-corrected chi connectivity index (χ1v) is 9.85. The predicted octanol–water partition coefficient (Wildman–Crippen LogP) is 4.38. The fourth-order valence-electron chi connectivity index (χ4n) is 3.68. The minimum Gasteiger partial charge on any atom is -0.452 e. The summed E-state index contributed by atoms with van der Waals surface area (Å²) in [5.41, 5.74) is 4.19. The molecule has 0 fully saturated rings. The Morgan fingerprint density at radius 2 is 2.08 bits per heavy atom. The third-order valence-corrected chi connectivity index (χ3v) is 5.58. The topological polar surface area (TPSA) is 59.9 Å². The van der Waals surface area contributed by atoms with Gasteiger partial charge in [-0.1, -0.05) is 48.5 Å². The molecule has 2 aromatic rings. The molecule has 0 bridgehead atoms. The van der Waals surface area contributed by atoms with Crippen molar-refractivity contribution in [3.8, 4) is 17.1 Å². The van der Waals surface area contributed by atoms with Crippen LogP contribution in [0.1, 0.15) is 26.7 Å². The first-order chi connectivity index (χ1) is 12.2. The van der Waals surface area contributed by atoms with Crippen LogP contribution in [0.15, 0.2) is 41.1 Å². The average molecular weight is 354 g/mol. The highest BCUT2D eigenvalue weighted by Gasteiger charge is 2.34. The van der Waals surface area contributed by atoms with E-state index in [9.17, 15) is 0 Å². The molecule has 5 nitrogen and oxygen atoms in total. The molecule has 2 aliphatic rings. The van der Waals surface area contributed by atoms with Gasteiger partial charge >= 0.3 is 0 Å². The third kappa shape index (κ3) is 3.11. The van der Waals surface area contributed by atoms with Gasteiger partial charge in [0.05, 0.1) is 0 Å². The number of ether oxygens (including phenoxy) is 1. The molecule has 1 aliphatic heterocycles. The highest BCUT2D eigenvalue weighted by Crippen LogP contribution is 2.40. The Balaban J connectivity index is 1.77. The molecule has 0 radical (unpaired) electrons. The van der Waals surface area contributed by atoms with Crippen LogP contribution >= 0.6 is 11.8 Å². The lowest BCUT2D eigenvalue weighted by atomic mass is 9.80. The Bertz CT molecular complexity index is 823. The monoisotopic (exact) mass is 354 g/mol. The van der Waals surface area contributed by atoms with Gasteiger partial charge in [-0.05, 0) is 38.0 Å². The van der Waals surface area contributed by atoms with Crippen molar-refractivity contribution in [2.24, 2.45) is 11.8 Å². The van der Waals surface area contributed by atoms with Crippen molar-refractivity contribution in [1.29, 1.82) is 0 Å². The molecule has 2 heterocycles. The van der Waals surface area contributed by atoms with Crippen molar-refractivity contribution < 1.29 is 4.74 Å². The van der Waals surface area contributed by atoms with E-state index in [-0.39, 0.29) is 6.23 Å². The first-order valence-electron chi connectivity index (χ1n) is 8.62. The number of nitrogens with zero attached hydrogens (tertiary/aromatic N) is 3. The molecule has 1 aromatic carbocycles. The van der Waals surface area contributed by atoms with Crippen molar-refractivity contribution in [2.45, 2.75) is 38.1 Å². The standard InChI is InChI=1S/C19H22N4OS/c1-11-8-9-13(12(2)10-11)17-20-15-7-5-4-6-14(15)16-18(24-17)21-19(25-3)23-22-16/h4-8,12-13,17,20H,9-10H2,1-3H3/t12-,13-,17+/m0/s1. The number of fused-ring (bicyclic) bond motifs is 3. The lowest BCUT2D eigenvalue weighted by molar-refractivity contribution is 0.114. The van der Waals surface area contributed by atoms with Crippen molar-refractivity contribution >= 4 is 17.4 Å². The summed E-state index contributed by atoms with van der Waals surface area (Å²) in [6, 6.07) is 8.14. The summed E-state index contributed by atoms with van der Waals surface area (Å²) in [6.07, 6.45) is 6.27. The van der Waals surface area contributed by atoms with Crippen LogP contribution in [0.3, 0.4) is 0 Å². The first kappa shape index (κ1) is 16.4. The van der Waals surface area contributed by atoms with Crippen LogP contribution in [0.25, 0.3) is 11.3 Å². The number of para-hydroxylation sites is 1. The maximum absolute atomic E-state index is 6.36. The zero-order valence-corrected chi connectivity index (χ0v) is 15.5. The molecule has 0 saturated heterocycles. The van der Waals surface area contributed by atoms with Gasteiger partial charge in [-0.3, -0.25) is 0 Å². The van der Waals surface area contributed by atoms with Crippen LogP contribution in [-0.4, -0.2) is 27.7 Å². The Morgan fingerprint density at radius 3 is 2.88 bits per heavy atom. The lowest BCUT2D eigenvalue weighted by Gasteiger charge is -2.34. The normalized spacial score (nSPS) is 24.9. The third-order valence-electron chi connectivity index (χ3n) is 5.04. The summed E-state index contributed by atoms with van der Waals surface area (Å²) in [4.78, 5) is 4.59. The maximum Gasteiger partial charge on any atom is 0.247 e. The largest absolute Gasteiger partial charge is 0.452 e. The Labute approximate surface area is 152 Å². The molecule has 0 spiro atoms. The quantitative estimate of drug-likeness (QED) is 0.638. The zero-order chi connectivity index (χ0) is 17.4. The van der Waals surface area contributed by atoms with E-state index < -0.39 is 0 Å². The summed E-state index contributed by atoms with van der Waals surface area (Å²) in [6.45, 7) is 4.51. The minimum absolute atomic E-state index is 0.131. The van der Waals surface area contributed by atoms with Crippen LogP contribution in [-0.2, 0) is 0 Å². The number of nitrogens with one attached hydrogen (secondary N) is 1. The highest BCUT2D eigenvalue weighted by atomic mass is 32.2. The van der Waals surface area contributed by atoms with Crippen LogP contribution in [0, 0.1) is 11.8 Å².